The Morgan fingerprint density at radius 1 is 1.25 bits per heavy atom. The van der Waals surface area contributed by atoms with Gasteiger partial charge in [-0.1, -0.05) is 37.3 Å². The molecule has 5 nitrogen and oxygen atoms in total. The minimum absolute atomic E-state index is 0.138. The minimum atomic E-state index is 0.138. The van der Waals surface area contributed by atoms with Crippen molar-refractivity contribution in [3.63, 3.8) is 0 Å². The molecule has 2 unspecified atom stereocenters. The molecule has 128 valence electrons. The van der Waals surface area contributed by atoms with Gasteiger partial charge in [-0.05, 0) is 38.2 Å². The van der Waals surface area contributed by atoms with Gasteiger partial charge in [-0.2, -0.15) is 0 Å². The number of benzene rings is 1. The van der Waals surface area contributed by atoms with E-state index >= 15 is 0 Å². The summed E-state index contributed by atoms with van der Waals surface area (Å²) in [4.78, 5) is 11.2. The topological polar surface area (TPSA) is 67.1 Å². The van der Waals surface area contributed by atoms with Crippen LogP contribution in [0.3, 0.4) is 0 Å². The molecule has 1 aliphatic heterocycles. The number of anilines is 3. The summed E-state index contributed by atoms with van der Waals surface area (Å²) in [5.74, 6) is 1.59. The number of nitrogen functional groups attached to an aromatic ring is 1. The van der Waals surface area contributed by atoms with Crippen LogP contribution in [0, 0.1) is 0 Å². The van der Waals surface area contributed by atoms with Crippen LogP contribution in [0.5, 0.6) is 0 Å². The van der Waals surface area contributed by atoms with Crippen LogP contribution in [0.1, 0.15) is 51.1 Å². The van der Waals surface area contributed by atoms with E-state index in [1.165, 1.54) is 24.8 Å². The highest BCUT2D eigenvalue weighted by Gasteiger charge is 2.25. The fourth-order valence-corrected chi connectivity index (χ4v) is 3.46. The Bertz CT molecular complexity index is 658. The maximum Gasteiger partial charge on any atom is 0.157 e. The van der Waals surface area contributed by atoms with Crippen LogP contribution in [-0.4, -0.2) is 22.6 Å². The van der Waals surface area contributed by atoms with Gasteiger partial charge >= 0.3 is 0 Å². The molecule has 0 radical (unpaired) electrons. The Morgan fingerprint density at radius 3 is 2.79 bits per heavy atom. The van der Waals surface area contributed by atoms with Crippen LogP contribution < -0.4 is 16.0 Å². The van der Waals surface area contributed by atoms with Gasteiger partial charge in [0.05, 0.1) is 6.04 Å². The highest BCUT2D eigenvalue weighted by molar-refractivity contribution is 5.75. The van der Waals surface area contributed by atoms with Crippen LogP contribution in [0.2, 0.25) is 0 Å². The van der Waals surface area contributed by atoms with Gasteiger partial charge in [-0.25, -0.2) is 9.97 Å². The Kier molecular flexibility index (Phi) is 5.18. The zero-order valence-electron chi connectivity index (χ0n) is 14.6. The average Bonchev–Trinajstić information content (AvgIpc) is 2.64. The number of hydrogen-bond acceptors (Lipinski definition) is 5. The van der Waals surface area contributed by atoms with E-state index in [0.29, 0.717) is 11.7 Å². The highest BCUT2D eigenvalue weighted by Crippen LogP contribution is 2.33. The summed E-state index contributed by atoms with van der Waals surface area (Å²) in [5, 5.41) is 3.44. The fourth-order valence-electron chi connectivity index (χ4n) is 3.46. The lowest BCUT2D eigenvalue weighted by molar-refractivity contribution is 0.447. The summed E-state index contributed by atoms with van der Waals surface area (Å²) in [7, 11) is 0. The largest absolute Gasteiger partial charge is 0.393 e. The van der Waals surface area contributed by atoms with Gasteiger partial charge in [0.25, 0.3) is 0 Å². The predicted molar refractivity (Wildman–Crippen MR) is 100 cm³/mol. The molecule has 5 heteroatoms. The van der Waals surface area contributed by atoms with Gasteiger partial charge in [0, 0.05) is 12.6 Å². The number of nitrogens with zero attached hydrogens (tertiary/aromatic N) is 3. The van der Waals surface area contributed by atoms with E-state index in [1.807, 2.05) is 18.2 Å². The number of hydrogen-bond donors (Lipinski definition) is 2. The standard InChI is InChI=1S/C19H27N5/c1-3-16-11-7-8-12-24(16)19-17(20)18(21-13-22-19)23-14(2)15-9-5-4-6-10-15/h4-6,9-10,13-14,16H,3,7-8,11-12,20H2,1-2H3,(H,21,22,23). The maximum atomic E-state index is 6.43. The molecule has 0 bridgehead atoms. The molecular weight excluding hydrogens is 298 g/mol. The van der Waals surface area contributed by atoms with Gasteiger partial charge in [0.1, 0.15) is 12.0 Å². The van der Waals surface area contributed by atoms with E-state index < -0.39 is 0 Å². The van der Waals surface area contributed by atoms with E-state index in [1.54, 1.807) is 6.33 Å². The summed E-state index contributed by atoms with van der Waals surface area (Å²) in [6.07, 6.45) is 6.43. The zero-order valence-corrected chi connectivity index (χ0v) is 14.6. The van der Waals surface area contributed by atoms with Crippen LogP contribution in [0.4, 0.5) is 17.3 Å². The Balaban J connectivity index is 1.83. The van der Waals surface area contributed by atoms with E-state index in [4.69, 9.17) is 5.73 Å². The molecular formula is C19H27N5. The molecule has 0 aliphatic carbocycles. The van der Waals surface area contributed by atoms with Crippen molar-refractivity contribution in [3.05, 3.63) is 42.2 Å². The summed E-state index contributed by atoms with van der Waals surface area (Å²) in [6, 6.07) is 11.0. The van der Waals surface area contributed by atoms with Crippen LogP contribution in [0.25, 0.3) is 0 Å². The Labute approximate surface area is 144 Å². The van der Waals surface area contributed by atoms with Crippen LogP contribution in [0.15, 0.2) is 36.7 Å². The quantitative estimate of drug-likeness (QED) is 0.869. The lowest BCUT2D eigenvalue weighted by Crippen LogP contribution is -2.40. The second-order valence-electron chi connectivity index (χ2n) is 6.49. The first-order chi connectivity index (χ1) is 11.7. The second-order valence-corrected chi connectivity index (χ2v) is 6.49. The monoisotopic (exact) mass is 325 g/mol. The normalized spacial score (nSPS) is 19.1. The van der Waals surface area contributed by atoms with Crippen molar-refractivity contribution in [3.8, 4) is 0 Å². The third-order valence-electron chi connectivity index (χ3n) is 4.89. The lowest BCUT2D eigenvalue weighted by Gasteiger charge is -2.37. The summed E-state index contributed by atoms with van der Waals surface area (Å²) in [5.41, 5.74) is 8.29. The van der Waals surface area contributed by atoms with Crippen molar-refractivity contribution in [2.45, 2.75) is 51.6 Å². The number of aromatic nitrogens is 2. The molecule has 0 amide bonds. The van der Waals surface area contributed by atoms with Crippen molar-refractivity contribution in [1.82, 2.24) is 9.97 Å². The van der Waals surface area contributed by atoms with Crippen molar-refractivity contribution in [1.29, 1.82) is 0 Å². The maximum absolute atomic E-state index is 6.43. The van der Waals surface area contributed by atoms with Crippen molar-refractivity contribution in [2.75, 3.05) is 22.5 Å². The molecule has 1 aromatic carbocycles. The third kappa shape index (κ3) is 3.45. The molecule has 1 aromatic heterocycles. The first-order valence-corrected chi connectivity index (χ1v) is 8.89. The molecule has 0 saturated carbocycles. The predicted octanol–water partition coefficient (Wildman–Crippen LogP) is 4.00. The molecule has 1 fully saturated rings. The zero-order chi connectivity index (χ0) is 16.9. The Morgan fingerprint density at radius 2 is 2.04 bits per heavy atom. The van der Waals surface area contributed by atoms with Gasteiger partial charge in [0.2, 0.25) is 0 Å². The number of nitrogens with one attached hydrogen (secondary N) is 1. The molecule has 3 rings (SSSR count). The van der Waals surface area contributed by atoms with E-state index in [2.05, 4.69) is 46.2 Å². The van der Waals surface area contributed by atoms with Crippen LogP contribution in [-0.2, 0) is 0 Å². The van der Waals surface area contributed by atoms with E-state index in [0.717, 1.165) is 24.6 Å². The van der Waals surface area contributed by atoms with Crippen LogP contribution >= 0.6 is 0 Å². The molecule has 24 heavy (non-hydrogen) atoms. The van der Waals surface area contributed by atoms with Gasteiger partial charge < -0.3 is 16.0 Å². The summed E-state index contributed by atoms with van der Waals surface area (Å²) in [6.45, 7) is 5.37. The van der Waals surface area contributed by atoms with Gasteiger partial charge in [-0.3, -0.25) is 0 Å². The fraction of sp³-hybridized carbons (Fsp3) is 0.474. The van der Waals surface area contributed by atoms with Crippen molar-refractivity contribution in [2.24, 2.45) is 0 Å². The molecule has 2 aromatic rings. The average molecular weight is 325 g/mol. The molecule has 0 spiro atoms. The smallest absolute Gasteiger partial charge is 0.157 e. The minimum Gasteiger partial charge on any atom is -0.393 e. The molecule has 1 aliphatic rings. The Hall–Kier alpha value is -2.30. The van der Waals surface area contributed by atoms with Crippen molar-refractivity contribution >= 4 is 17.3 Å². The van der Waals surface area contributed by atoms with E-state index in [9.17, 15) is 0 Å². The van der Waals surface area contributed by atoms with E-state index in [-0.39, 0.29) is 6.04 Å². The highest BCUT2D eigenvalue weighted by atomic mass is 15.2. The SMILES string of the molecule is CCC1CCCCN1c1ncnc(NC(C)c2ccccc2)c1N. The molecule has 2 heterocycles. The van der Waals surface area contributed by atoms with Gasteiger partial charge in [0.15, 0.2) is 11.6 Å². The number of rotatable bonds is 5. The second kappa shape index (κ2) is 7.51. The third-order valence-corrected chi connectivity index (χ3v) is 4.89. The summed E-state index contributed by atoms with van der Waals surface area (Å²) < 4.78 is 0. The molecule has 2 atom stereocenters. The molecule has 3 N–H and O–H groups in total. The number of nitrogens with two attached hydrogens (primary N) is 1. The van der Waals surface area contributed by atoms with Gasteiger partial charge in [-0.15, -0.1) is 0 Å². The first kappa shape index (κ1) is 16.6. The summed E-state index contributed by atoms with van der Waals surface area (Å²) >= 11 is 0. The van der Waals surface area contributed by atoms with Crippen molar-refractivity contribution < 1.29 is 0 Å². The number of piperidine rings is 1. The first-order valence-electron chi connectivity index (χ1n) is 8.89. The molecule has 1 saturated heterocycles. The lowest BCUT2D eigenvalue weighted by atomic mass is 10.00.